The van der Waals surface area contributed by atoms with E-state index in [4.69, 9.17) is 12.2 Å². The fourth-order valence-corrected chi connectivity index (χ4v) is 2.75. The number of anilines is 1. The Morgan fingerprint density at radius 2 is 1.65 bits per heavy atom. The maximum Gasteiger partial charge on any atom is 0.170 e. The number of nitrogens with one attached hydrogen (secondary N) is 2. The van der Waals surface area contributed by atoms with Gasteiger partial charge in [0.25, 0.3) is 0 Å². The first-order valence-electron chi connectivity index (χ1n) is 8.39. The summed E-state index contributed by atoms with van der Waals surface area (Å²) >= 11 is 5.41. The van der Waals surface area contributed by atoms with Crippen molar-refractivity contribution in [2.45, 2.75) is 33.1 Å². The second-order valence-electron chi connectivity index (χ2n) is 5.85. The van der Waals surface area contributed by atoms with Gasteiger partial charge in [-0.05, 0) is 54.2 Å². The van der Waals surface area contributed by atoms with Crippen LogP contribution in [0.4, 0.5) is 5.69 Å². The molecule has 0 aliphatic rings. The monoisotopic (exact) mass is 326 g/mol. The molecule has 1 atom stereocenters. The normalized spacial score (nSPS) is 11.7. The lowest BCUT2D eigenvalue weighted by molar-refractivity contribution is 0.498. The van der Waals surface area contributed by atoms with Gasteiger partial charge in [0, 0.05) is 12.2 Å². The number of rotatable bonds is 7. The molecule has 0 spiro atoms. The molecule has 2 aromatic rings. The highest BCUT2D eigenvalue weighted by atomic mass is 32.1. The van der Waals surface area contributed by atoms with Crippen LogP contribution in [-0.2, 0) is 12.8 Å². The first kappa shape index (κ1) is 17.5. The predicted molar refractivity (Wildman–Crippen MR) is 104 cm³/mol. The topological polar surface area (TPSA) is 24.1 Å². The Hall–Kier alpha value is -1.87. The zero-order valence-electron chi connectivity index (χ0n) is 14.0. The molecular weight excluding hydrogens is 300 g/mol. The molecule has 3 heteroatoms. The lowest BCUT2D eigenvalue weighted by Crippen LogP contribution is -2.33. The number of hydrogen-bond acceptors (Lipinski definition) is 1. The highest BCUT2D eigenvalue weighted by molar-refractivity contribution is 7.80. The number of benzene rings is 2. The maximum absolute atomic E-state index is 5.41. The summed E-state index contributed by atoms with van der Waals surface area (Å²) in [5, 5.41) is 7.30. The summed E-state index contributed by atoms with van der Waals surface area (Å²) < 4.78 is 0. The largest absolute Gasteiger partial charge is 0.362 e. The van der Waals surface area contributed by atoms with E-state index in [1.807, 2.05) is 0 Å². The van der Waals surface area contributed by atoms with E-state index < -0.39 is 0 Å². The van der Waals surface area contributed by atoms with Gasteiger partial charge in [-0.3, -0.25) is 0 Å². The van der Waals surface area contributed by atoms with Crippen LogP contribution < -0.4 is 10.6 Å². The van der Waals surface area contributed by atoms with Gasteiger partial charge in [0.1, 0.15) is 0 Å². The molecule has 0 saturated heterocycles. The van der Waals surface area contributed by atoms with Gasteiger partial charge in [-0.15, -0.1) is 0 Å². The number of thiocarbonyl (C=S) groups is 1. The zero-order valence-corrected chi connectivity index (χ0v) is 14.8. The van der Waals surface area contributed by atoms with Crippen LogP contribution in [-0.4, -0.2) is 11.7 Å². The minimum Gasteiger partial charge on any atom is -0.362 e. The van der Waals surface area contributed by atoms with Crippen LogP contribution in [0.15, 0.2) is 54.6 Å². The molecule has 23 heavy (non-hydrogen) atoms. The third-order valence-corrected chi connectivity index (χ3v) is 4.36. The molecule has 0 aliphatic heterocycles. The van der Waals surface area contributed by atoms with Gasteiger partial charge in [-0.2, -0.15) is 0 Å². The molecule has 2 rings (SSSR count). The van der Waals surface area contributed by atoms with Crippen LogP contribution in [0.1, 0.15) is 31.4 Å². The van der Waals surface area contributed by atoms with Crippen molar-refractivity contribution in [1.29, 1.82) is 0 Å². The molecule has 122 valence electrons. The molecule has 2 nitrogen and oxygen atoms in total. The number of hydrogen-bond donors (Lipinski definition) is 2. The molecule has 0 bridgehead atoms. The van der Waals surface area contributed by atoms with Crippen LogP contribution in [0, 0.1) is 5.92 Å². The average molecular weight is 327 g/mol. The van der Waals surface area contributed by atoms with Crippen molar-refractivity contribution >= 4 is 23.0 Å². The third kappa shape index (κ3) is 6.03. The van der Waals surface area contributed by atoms with Crippen molar-refractivity contribution in [2.24, 2.45) is 5.92 Å². The Morgan fingerprint density at radius 3 is 2.26 bits per heavy atom. The first-order valence-corrected chi connectivity index (χ1v) is 8.79. The quantitative estimate of drug-likeness (QED) is 0.714. The molecule has 2 N–H and O–H groups in total. The molecule has 2 aromatic carbocycles. The summed E-state index contributed by atoms with van der Waals surface area (Å²) in [5.74, 6) is 0.583. The zero-order chi connectivity index (χ0) is 16.5. The molecule has 0 radical (unpaired) electrons. The van der Waals surface area contributed by atoms with Crippen LogP contribution in [0.5, 0.6) is 0 Å². The fraction of sp³-hybridized carbons (Fsp3) is 0.350. The Morgan fingerprint density at radius 1 is 0.957 bits per heavy atom. The summed E-state index contributed by atoms with van der Waals surface area (Å²) in [6.45, 7) is 5.28. The average Bonchev–Trinajstić information content (AvgIpc) is 2.60. The van der Waals surface area contributed by atoms with E-state index in [1.54, 1.807) is 0 Å². The second kappa shape index (κ2) is 9.31. The van der Waals surface area contributed by atoms with Crippen molar-refractivity contribution in [1.82, 2.24) is 5.32 Å². The van der Waals surface area contributed by atoms with Gasteiger partial charge in [-0.1, -0.05) is 62.7 Å². The summed E-state index contributed by atoms with van der Waals surface area (Å²) in [6, 6.07) is 19.1. The van der Waals surface area contributed by atoms with E-state index in [2.05, 4.69) is 79.1 Å². The maximum atomic E-state index is 5.41. The van der Waals surface area contributed by atoms with Gasteiger partial charge < -0.3 is 10.6 Å². The Balaban J connectivity index is 1.79. The first-order chi connectivity index (χ1) is 11.2. The fourth-order valence-electron chi connectivity index (χ4n) is 2.54. The molecule has 0 fully saturated rings. The smallest absolute Gasteiger partial charge is 0.170 e. The lowest BCUT2D eigenvalue weighted by Gasteiger charge is -2.18. The molecular formula is C20H26N2S. The highest BCUT2D eigenvalue weighted by Gasteiger charge is 2.08. The van der Waals surface area contributed by atoms with E-state index >= 15 is 0 Å². The van der Waals surface area contributed by atoms with Crippen molar-refractivity contribution in [2.75, 3.05) is 11.9 Å². The number of aryl methyl sites for hydroxylation is 1. The minimum absolute atomic E-state index is 0.583. The third-order valence-electron chi connectivity index (χ3n) is 4.12. The molecule has 0 aromatic heterocycles. The minimum atomic E-state index is 0.583. The van der Waals surface area contributed by atoms with Gasteiger partial charge in [0.15, 0.2) is 5.11 Å². The molecule has 0 aliphatic carbocycles. The van der Waals surface area contributed by atoms with Crippen LogP contribution in [0.2, 0.25) is 0 Å². The van der Waals surface area contributed by atoms with Crippen molar-refractivity contribution < 1.29 is 0 Å². The van der Waals surface area contributed by atoms with Crippen molar-refractivity contribution in [3.05, 3.63) is 65.7 Å². The van der Waals surface area contributed by atoms with Crippen molar-refractivity contribution in [3.63, 3.8) is 0 Å². The van der Waals surface area contributed by atoms with Gasteiger partial charge in [0.05, 0.1) is 0 Å². The van der Waals surface area contributed by atoms with Crippen molar-refractivity contribution in [3.8, 4) is 0 Å². The van der Waals surface area contributed by atoms with Gasteiger partial charge >= 0.3 is 0 Å². The summed E-state index contributed by atoms with van der Waals surface area (Å²) in [4.78, 5) is 0. The van der Waals surface area contributed by atoms with Crippen LogP contribution >= 0.6 is 12.2 Å². The van der Waals surface area contributed by atoms with Gasteiger partial charge in [0.2, 0.25) is 0 Å². The van der Waals surface area contributed by atoms with E-state index in [-0.39, 0.29) is 0 Å². The molecule has 1 unspecified atom stereocenters. The predicted octanol–water partition coefficient (Wildman–Crippen LogP) is 4.80. The van der Waals surface area contributed by atoms with E-state index in [9.17, 15) is 0 Å². The van der Waals surface area contributed by atoms with E-state index in [1.165, 1.54) is 11.1 Å². The van der Waals surface area contributed by atoms with Gasteiger partial charge in [-0.25, -0.2) is 0 Å². The summed E-state index contributed by atoms with van der Waals surface area (Å²) in [7, 11) is 0. The summed E-state index contributed by atoms with van der Waals surface area (Å²) in [5.41, 5.74) is 3.76. The Bertz CT molecular complexity index is 593. The van der Waals surface area contributed by atoms with Crippen LogP contribution in [0.3, 0.4) is 0 Å². The Kier molecular flexibility index (Phi) is 7.08. The molecule has 0 heterocycles. The Labute approximate surface area is 145 Å². The van der Waals surface area contributed by atoms with E-state index in [0.29, 0.717) is 11.0 Å². The standard InChI is InChI=1S/C20H26N2S/c1-3-16-10-12-19(13-11-16)22-20(23)21-15-17(4-2)14-18-8-6-5-7-9-18/h5-13,17H,3-4,14-15H2,1-2H3,(H2,21,22,23). The SMILES string of the molecule is CCc1ccc(NC(=S)NCC(CC)Cc2ccccc2)cc1. The lowest BCUT2D eigenvalue weighted by atomic mass is 9.97. The van der Waals surface area contributed by atoms with Crippen LogP contribution in [0.25, 0.3) is 0 Å². The highest BCUT2D eigenvalue weighted by Crippen LogP contribution is 2.12. The summed E-state index contributed by atoms with van der Waals surface area (Å²) in [6.07, 6.45) is 3.27. The molecule has 0 saturated carbocycles. The van der Waals surface area contributed by atoms with E-state index in [0.717, 1.165) is 31.5 Å². The molecule has 0 amide bonds. The second-order valence-corrected chi connectivity index (χ2v) is 6.26.